The lowest BCUT2D eigenvalue weighted by atomic mass is 9.86. The molecule has 3 atom stereocenters. The van der Waals surface area contributed by atoms with E-state index in [9.17, 15) is 28.4 Å². The maximum atomic E-state index is 13.0. The third kappa shape index (κ3) is 5.63. The number of amides is 1. The summed E-state index contributed by atoms with van der Waals surface area (Å²) in [7, 11) is -3.68. The van der Waals surface area contributed by atoms with Crippen molar-refractivity contribution in [3.05, 3.63) is 47.0 Å². The van der Waals surface area contributed by atoms with Crippen LogP contribution in [0.25, 0.3) is 11.1 Å². The molecule has 10 nitrogen and oxygen atoms in total. The van der Waals surface area contributed by atoms with Gasteiger partial charge in [-0.25, -0.2) is 13.2 Å². The van der Waals surface area contributed by atoms with E-state index in [1.165, 1.54) is 12.1 Å². The molecule has 12 heteroatoms. The molecule has 2 fully saturated rings. The zero-order valence-electron chi connectivity index (χ0n) is 19.4. The third-order valence-electron chi connectivity index (χ3n) is 6.34. The molecule has 1 amide bonds. The van der Waals surface area contributed by atoms with E-state index in [1.807, 2.05) is 0 Å². The number of nitriles is 1. The van der Waals surface area contributed by atoms with Gasteiger partial charge in [-0.1, -0.05) is 11.6 Å². The molecule has 0 saturated carbocycles. The number of rotatable bonds is 7. The Kier molecular flexibility index (Phi) is 7.51. The Morgan fingerprint density at radius 3 is 2.75 bits per heavy atom. The number of fused-ring (bicyclic) bond motifs is 1. The highest BCUT2D eigenvalue weighted by atomic mass is 35.5. The molecule has 190 valence electrons. The van der Waals surface area contributed by atoms with E-state index in [-0.39, 0.29) is 47.5 Å². The molecular weight excluding hydrogens is 508 g/mol. The maximum absolute atomic E-state index is 13.0. The molecule has 0 aliphatic carbocycles. The Balaban J connectivity index is 1.53. The number of ether oxygens (including phenoxy) is 1. The third-order valence-corrected chi connectivity index (χ3v) is 7.67. The number of hydrogen-bond donors (Lipinski definition) is 3. The minimum absolute atomic E-state index is 0.0207. The number of aromatic carboxylic acids is 1. The monoisotopic (exact) mass is 532 g/mol. The fourth-order valence-corrected chi connectivity index (χ4v) is 5.29. The van der Waals surface area contributed by atoms with Crippen LogP contribution in [0.2, 0.25) is 5.02 Å². The molecule has 2 heterocycles. The fraction of sp³-hybridized carbons (Fsp3) is 0.375. The van der Waals surface area contributed by atoms with Crippen molar-refractivity contribution in [3.8, 4) is 22.9 Å². The zero-order valence-corrected chi connectivity index (χ0v) is 21.0. The van der Waals surface area contributed by atoms with Gasteiger partial charge in [-0.2, -0.15) is 5.26 Å². The van der Waals surface area contributed by atoms with Gasteiger partial charge in [0.05, 0.1) is 41.7 Å². The molecule has 3 unspecified atom stereocenters. The zero-order chi connectivity index (χ0) is 26.0. The number of benzene rings is 2. The number of carboxylic acid groups (broad SMARTS) is 1. The highest BCUT2D eigenvalue weighted by Crippen LogP contribution is 2.35. The minimum Gasteiger partial charge on any atom is -0.491 e. The van der Waals surface area contributed by atoms with Gasteiger partial charge in [-0.05, 0) is 48.4 Å². The molecule has 0 aromatic heterocycles. The number of nitrogens with one attached hydrogen (secondary N) is 2. The summed E-state index contributed by atoms with van der Waals surface area (Å²) in [4.78, 5) is 26.1. The molecule has 2 saturated heterocycles. The summed E-state index contributed by atoms with van der Waals surface area (Å²) in [6, 6.07) is 10.4. The van der Waals surface area contributed by atoms with E-state index in [2.05, 4.69) is 16.7 Å². The summed E-state index contributed by atoms with van der Waals surface area (Å²) < 4.78 is 30.3. The van der Waals surface area contributed by atoms with Crippen molar-refractivity contribution in [2.24, 2.45) is 5.92 Å². The molecule has 3 N–H and O–H groups in total. The quantitative estimate of drug-likeness (QED) is 0.484. The normalized spacial score (nSPS) is 22.0. The number of piperidine rings is 1. The van der Waals surface area contributed by atoms with Crippen LogP contribution in [0, 0.1) is 17.2 Å². The van der Waals surface area contributed by atoms with Crippen LogP contribution in [0.1, 0.15) is 16.8 Å². The van der Waals surface area contributed by atoms with Crippen LogP contribution in [-0.2, 0) is 14.6 Å². The second-order valence-corrected chi connectivity index (χ2v) is 11.3. The van der Waals surface area contributed by atoms with E-state index in [0.29, 0.717) is 41.5 Å². The second kappa shape index (κ2) is 10.4. The molecule has 0 radical (unpaired) electrons. The number of carbonyl (C=O) groups excluding carboxylic acids is 1. The van der Waals surface area contributed by atoms with E-state index in [4.69, 9.17) is 16.3 Å². The summed E-state index contributed by atoms with van der Waals surface area (Å²) in [6.07, 6.45) is 1.44. The second-order valence-electron chi connectivity index (χ2n) is 8.81. The Labute approximate surface area is 213 Å². The van der Waals surface area contributed by atoms with Crippen molar-refractivity contribution in [1.82, 2.24) is 15.5 Å². The maximum Gasteiger partial charge on any atom is 0.335 e. The molecule has 36 heavy (non-hydrogen) atoms. The summed E-state index contributed by atoms with van der Waals surface area (Å²) in [5, 5.41) is 25.5. The van der Waals surface area contributed by atoms with Crippen LogP contribution in [0.15, 0.2) is 41.3 Å². The first-order chi connectivity index (χ1) is 17.1. The highest BCUT2D eigenvalue weighted by Gasteiger charge is 2.40. The molecular formula is C24H25ClN4O6S. The van der Waals surface area contributed by atoms with Gasteiger partial charge >= 0.3 is 5.97 Å². The Morgan fingerprint density at radius 1 is 1.28 bits per heavy atom. The summed E-state index contributed by atoms with van der Waals surface area (Å²) in [5.74, 6) is -1.23. The van der Waals surface area contributed by atoms with Gasteiger partial charge in [0.1, 0.15) is 12.4 Å². The molecule has 4 rings (SSSR count). The standard InChI is InChI=1S/C24H25ClN4O6S/c1-36(33,34)18-7-14(6-15(8-18)24(31)32)19-9-16(25)2-3-22(19)35-5-4-29-13-28-21-12-27-17(11-26)10-20(21)23(29)30/h2-3,6-9,17,20-21,27-28H,4-5,10,12-13H2,1H3,(H,31,32). The highest BCUT2D eigenvalue weighted by molar-refractivity contribution is 7.90. The Bertz CT molecular complexity index is 1340. The van der Waals surface area contributed by atoms with Crippen LogP contribution in [0.3, 0.4) is 0 Å². The SMILES string of the molecule is CS(=O)(=O)c1cc(C(=O)O)cc(-c2cc(Cl)ccc2OCCN2CNC3CNC(C#N)CC3C2=O)c1. The van der Waals surface area contributed by atoms with Crippen LogP contribution in [-0.4, -0.2) is 75.0 Å². The number of sulfone groups is 1. The number of carbonyl (C=O) groups is 2. The minimum atomic E-state index is -3.68. The Hall–Kier alpha value is -3.17. The van der Waals surface area contributed by atoms with E-state index >= 15 is 0 Å². The summed E-state index contributed by atoms with van der Waals surface area (Å²) >= 11 is 6.18. The average molecular weight is 533 g/mol. The first-order valence-corrected chi connectivity index (χ1v) is 13.5. The van der Waals surface area contributed by atoms with Crippen molar-refractivity contribution in [2.75, 3.05) is 32.6 Å². The molecule has 2 aromatic rings. The van der Waals surface area contributed by atoms with Gasteiger partial charge < -0.3 is 20.1 Å². The van der Waals surface area contributed by atoms with Crippen LogP contribution < -0.4 is 15.4 Å². The smallest absolute Gasteiger partial charge is 0.335 e. The summed E-state index contributed by atoms with van der Waals surface area (Å²) in [5.41, 5.74) is 0.563. The van der Waals surface area contributed by atoms with Crippen molar-refractivity contribution in [3.63, 3.8) is 0 Å². The van der Waals surface area contributed by atoms with Crippen molar-refractivity contribution < 1.29 is 27.9 Å². The number of halogens is 1. The van der Waals surface area contributed by atoms with Crippen LogP contribution >= 0.6 is 11.6 Å². The lowest BCUT2D eigenvalue weighted by Crippen LogP contribution is -2.64. The average Bonchev–Trinajstić information content (AvgIpc) is 2.85. The van der Waals surface area contributed by atoms with Gasteiger partial charge in [0, 0.05) is 29.4 Å². The van der Waals surface area contributed by atoms with Crippen LogP contribution in [0.5, 0.6) is 5.75 Å². The lowest BCUT2D eigenvalue weighted by molar-refractivity contribution is -0.142. The van der Waals surface area contributed by atoms with E-state index in [1.54, 1.807) is 23.1 Å². The van der Waals surface area contributed by atoms with Crippen molar-refractivity contribution >= 4 is 33.3 Å². The molecule has 0 spiro atoms. The van der Waals surface area contributed by atoms with Crippen LogP contribution in [0.4, 0.5) is 0 Å². The summed E-state index contributed by atoms with van der Waals surface area (Å²) in [6.45, 7) is 1.33. The van der Waals surface area contributed by atoms with Crippen molar-refractivity contribution in [2.45, 2.75) is 23.4 Å². The van der Waals surface area contributed by atoms with Gasteiger partial charge in [-0.15, -0.1) is 0 Å². The first-order valence-electron chi connectivity index (χ1n) is 11.2. The van der Waals surface area contributed by atoms with Gasteiger partial charge in [0.2, 0.25) is 5.91 Å². The van der Waals surface area contributed by atoms with Gasteiger partial charge in [0.25, 0.3) is 0 Å². The predicted octanol–water partition coefficient (Wildman–Crippen LogP) is 1.75. The number of hydrogen-bond acceptors (Lipinski definition) is 8. The van der Waals surface area contributed by atoms with Crippen molar-refractivity contribution in [1.29, 1.82) is 5.26 Å². The molecule has 2 aliphatic heterocycles. The van der Waals surface area contributed by atoms with Gasteiger partial charge in [0.15, 0.2) is 9.84 Å². The molecule has 0 bridgehead atoms. The van der Waals surface area contributed by atoms with Gasteiger partial charge in [-0.3, -0.25) is 10.1 Å². The number of nitrogens with zero attached hydrogens (tertiary/aromatic N) is 2. The molecule has 2 aliphatic rings. The predicted molar refractivity (Wildman–Crippen MR) is 131 cm³/mol. The number of carboxylic acids is 1. The Morgan fingerprint density at radius 2 is 2.06 bits per heavy atom. The largest absolute Gasteiger partial charge is 0.491 e. The fourth-order valence-electron chi connectivity index (χ4n) is 4.44. The van der Waals surface area contributed by atoms with E-state index in [0.717, 1.165) is 12.3 Å². The first kappa shape index (κ1) is 25.9. The molecule has 2 aromatic carbocycles. The van der Waals surface area contributed by atoms with E-state index < -0.39 is 15.8 Å². The topological polar surface area (TPSA) is 149 Å². The lowest BCUT2D eigenvalue weighted by Gasteiger charge is -2.42.